The first-order valence-electron chi connectivity index (χ1n) is 9.59. The normalized spacial score (nSPS) is 20.5. The second-order valence-electron chi connectivity index (χ2n) is 7.12. The number of halogens is 1. The molecule has 1 amide bonds. The maximum absolute atomic E-state index is 12.0. The van der Waals surface area contributed by atoms with Crippen molar-refractivity contribution < 1.29 is 4.79 Å². The highest BCUT2D eigenvalue weighted by molar-refractivity contribution is 6.29. The first-order chi connectivity index (χ1) is 12.2. The first-order valence-corrected chi connectivity index (χ1v) is 9.97. The summed E-state index contributed by atoms with van der Waals surface area (Å²) in [6.07, 6.45) is 7.72. The molecule has 3 rings (SSSR count). The van der Waals surface area contributed by atoms with Crippen LogP contribution >= 0.6 is 11.6 Å². The Labute approximate surface area is 155 Å². The van der Waals surface area contributed by atoms with Gasteiger partial charge in [-0.25, -0.2) is 4.98 Å². The summed E-state index contributed by atoms with van der Waals surface area (Å²) >= 11 is 5.82. The quantitative estimate of drug-likeness (QED) is 0.623. The Kier molecular flexibility index (Phi) is 7.08. The lowest BCUT2D eigenvalue weighted by Crippen LogP contribution is -2.47. The van der Waals surface area contributed by atoms with E-state index in [9.17, 15) is 4.79 Å². The molecular formula is C19H29ClN4O. The maximum atomic E-state index is 12.0. The van der Waals surface area contributed by atoms with Crippen LogP contribution in [0.15, 0.2) is 18.2 Å². The van der Waals surface area contributed by atoms with E-state index in [2.05, 4.69) is 20.1 Å². The molecule has 0 atom stereocenters. The van der Waals surface area contributed by atoms with Crippen molar-refractivity contribution in [2.24, 2.45) is 0 Å². The van der Waals surface area contributed by atoms with E-state index >= 15 is 0 Å². The van der Waals surface area contributed by atoms with E-state index in [1.807, 2.05) is 0 Å². The number of likely N-dealkylation sites (tertiary alicyclic amines) is 2. The maximum Gasteiger partial charge on any atom is 0.269 e. The van der Waals surface area contributed by atoms with Crippen molar-refractivity contribution in [3.63, 3.8) is 0 Å². The molecule has 2 saturated heterocycles. The minimum atomic E-state index is -0.147. The van der Waals surface area contributed by atoms with Gasteiger partial charge in [0.1, 0.15) is 10.8 Å². The monoisotopic (exact) mass is 364 g/mol. The Balaban J connectivity index is 1.30. The van der Waals surface area contributed by atoms with Gasteiger partial charge in [0, 0.05) is 12.6 Å². The zero-order valence-electron chi connectivity index (χ0n) is 14.9. The molecule has 0 spiro atoms. The molecule has 5 nitrogen and oxygen atoms in total. The Morgan fingerprint density at radius 3 is 2.64 bits per heavy atom. The van der Waals surface area contributed by atoms with E-state index in [1.54, 1.807) is 18.2 Å². The highest BCUT2D eigenvalue weighted by Gasteiger charge is 2.25. The van der Waals surface area contributed by atoms with Crippen LogP contribution in [-0.2, 0) is 0 Å². The minimum Gasteiger partial charge on any atom is -0.351 e. The summed E-state index contributed by atoms with van der Waals surface area (Å²) in [5, 5.41) is 3.28. The Hall–Kier alpha value is -1.17. The average Bonchev–Trinajstić information content (AvgIpc) is 2.66. The SMILES string of the molecule is O=C(NCCCN1CCC(N2CCCCC2)CC1)c1cccc(Cl)n1. The lowest BCUT2D eigenvalue weighted by atomic mass is 10.00. The number of nitrogens with one attached hydrogen (secondary N) is 1. The van der Waals surface area contributed by atoms with Crippen molar-refractivity contribution >= 4 is 17.5 Å². The van der Waals surface area contributed by atoms with Gasteiger partial charge in [0.2, 0.25) is 0 Å². The molecule has 0 unspecified atom stereocenters. The molecule has 0 aliphatic carbocycles. The summed E-state index contributed by atoms with van der Waals surface area (Å²) in [6.45, 7) is 6.70. The van der Waals surface area contributed by atoms with Gasteiger partial charge in [0.25, 0.3) is 5.91 Å². The molecule has 25 heavy (non-hydrogen) atoms. The smallest absolute Gasteiger partial charge is 0.269 e. The number of rotatable bonds is 6. The van der Waals surface area contributed by atoms with Gasteiger partial charge in [-0.05, 0) is 77.0 Å². The van der Waals surface area contributed by atoms with Gasteiger partial charge in [0.15, 0.2) is 0 Å². The topological polar surface area (TPSA) is 48.5 Å². The Bertz CT molecular complexity index is 554. The van der Waals surface area contributed by atoms with Crippen LogP contribution in [0.25, 0.3) is 0 Å². The van der Waals surface area contributed by atoms with Crippen molar-refractivity contribution in [3.05, 3.63) is 29.0 Å². The summed E-state index contributed by atoms with van der Waals surface area (Å²) in [5.41, 5.74) is 0.384. The number of aromatic nitrogens is 1. The molecule has 0 radical (unpaired) electrons. The number of hydrogen-bond donors (Lipinski definition) is 1. The molecule has 0 aromatic carbocycles. The summed E-state index contributed by atoms with van der Waals surface area (Å²) in [4.78, 5) is 21.3. The van der Waals surface area contributed by atoms with E-state index in [4.69, 9.17) is 11.6 Å². The van der Waals surface area contributed by atoms with Gasteiger partial charge >= 0.3 is 0 Å². The molecule has 0 bridgehead atoms. The number of piperidine rings is 2. The van der Waals surface area contributed by atoms with Crippen LogP contribution in [0.4, 0.5) is 0 Å². The third-order valence-corrected chi connectivity index (χ3v) is 5.56. The van der Waals surface area contributed by atoms with Gasteiger partial charge in [-0.15, -0.1) is 0 Å². The van der Waals surface area contributed by atoms with Crippen molar-refractivity contribution in [2.45, 2.75) is 44.6 Å². The second kappa shape index (κ2) is 9.51. The molecule has 3 heterocycles. The molecule has 0 saturated carbocycles. The lowest BCUT2D eigenvalue weighted by Gasteiger charge is -2.40. The summed E-state index contributed by atoms with van der Waals surface area (Å²) in [6, 6.07) is 5.90. The van der Waals surface area contributed by atoms with Gasteiger partial charge in [-0.1, -0.05) is 24.1 Å². The number of hydrogen-bond acceptors (Lipinski definition) is 4. The van der Waals surface area contributed by atoms with E-state index in [0.29, 0.717) is 17.4 Å². The van der Waals surface area contributed by atoms with Crippen molar-refractivity contribution in [2.75, 3.05) is 39.3 Å². The van der Waals surface area contributed by atoms with E-state index in [0.717, 1.165) is 19.0 Å². The molecule has 1 aromatic rings. The highest BCUT2D eigenvalue weighted by atomic mass is 35.5. The minimum absolute atomic E-state index is 0.147. The number of amides is 1. The Morgan fingerprint density at radius 2 is 1.92 bits per heavy atom. The Morgan fingerprint density at radius 1 is 1.16 bits per heavy atom. The summed E-state index contributed by atoms with van der Waals surface area (Å²) < 4.78 is 0. The van der Waals surface area contributed by atoms with Crippen LogP contribution in [0, 0.1) is 0 Å². The highest BCUT2D eigenvalue weighted by Crippen LogP contribution is 2.20. The van der Waals surface area contributed by atoms with E-state index < -0.39 is 0 Å². The molecule has 2 aliphatic heterocycles. The zero-order chi connectivity index (χ0) is 17.5. The van der Waals surface area contributed by atoms with Crippen molar-refractivity contribution in [1.29, 1.82) is 0 Å². The molecule has 2 aliphatic rings. The number of nitrogens with zero attached hydrogens (tertiary/aromatic N) is 3. The largest absolute Gasteiger partial charge is 0.351 e. The van der Waals surface area contributed by atoms with Gasteiger partial charge < -0.3 is 15.1 Å². The van der Waals surface area contributed by atoms with Crippen LogP contribution in [0.3, 0.4) is 0 Å². The third kappa shape index (κ3) is 5.66. The standard InChI is InChI=1S/C19H29ClN4O/c20-18-7-4-6-17(22-18)19(25)21-10-5-11-23-14-8-16(9-15-23)24-12-2-1-3-13-24/h4,6-7,16H,1-3,5,8-15H2,(H,21,25). The van der Waals surface area contributed by atoms with Gasteiger partial charge in [-0.3, -0.25) is 4.79 Å². The van der Waals surface area contributed by atoms with Crippen LogP contribution in [0.5, 0.6) is 0 Å². The first kappa shape index (κ1) is 18.6. The summed E-state index contributed by atoms with van der Waals surface area (Å²) in [5.74, 6) is -0.147. The van der Waals surface area contributed by atoms with Crippen LogP contribution in [0.1, 0.15) is 49.0 Å². The molecule has 1 aromatic heterocycles. The molecule has 1 N–H and O–H groups in total. The fourth-order valence-corrected chi connectivity index (χ4v) is 4.09. The number of carbonyl (C=O) groups is 1. The van der Waals surface area contributed by atoms with Gasteiger partial charge in [0.05, 0.1) is 0 Å². The second-order valence-corrected chi connectivity index (χ2v) is 7.51. The molecular weight excluding hydrogens is 336 g/mol. The fraction of sp³-hybridized carbons (Fsp3) is 0.684. The molecule has 6 heteroatoms. The summed E-state index contributed by atoms with van der Waals surface area (Å²) in [7, 11) is 0. The number of carbonyl (C=O) groups excluding carboxylic acids is 1. The fourth-order valence-electron chi connectivity index (χ4n) is 3.92. The zero-order valence-corrected chi connectivity index (χ0v) is 15.7. The number of pyridine rings is 1. The van der Waals surface area contributed by atoms with E-state index in [1.165, 1.54) is 58.3 Å². The lowest BCUT2D eigenvalue weighted by molar-refractivity contribution is 0.0901. The predicted molar refractivity (Wildman–Crippen MR) is 101 cm³/mol. The average molecular weight is 365 g/mol. The van der Waals surface area contributed by atoms with Gasteiger partial charge in [-0.2, -0.15) is 0 Å². The van der Waals surface area contributed by atoms with Crippen molar-refractivity contribution in [1.82, 2.24) is 20.1 Å². The van der Waals surface area contributed by atoms with Crippen LogP contribution < -0.4 is 5.32 Å². The van der Waals surface area contributed by atoms with Crippen LogP contribution in [-0.4, -0.2) is 66.0 Å². The molecule has 138 valence electrons. The van der Waals surface area contributed by atoms with Crippen LogP contribution in [0.2, 0.25) is 5.15 Å². The third-order valence-electron chi connectivity index (χ3n) is 5.35. The van der Waals surface area contributed by atoms with E-state index in [-0.39, 0.29) is 5.91 Å². The van der Waals surface area contributed by atoms with Crippen molar-refractivity contribution in [3.8, 4) is 0 Å². The predicted octanol–water partition coefficient (Wildman–Crippen LogP) is 2.81. The molecule has 2 fully saturated rings.